The molecule has 8 nitrogen and oxygen atoms in total. The summed E-state index contributed by atoms with van der Waals surface area (Å²) in [5, 5.41) is 3.56. The van der Waals surface area contributed by atoms with E-state index in [0.29, 0.717) is 27.9 Å². The molecule has 0 heterocycles. The maximum Gasteiger partial charge on any atom is 0.264 e. The van der Waals surface area contributed by atoms with Crippen LogP contribution in [0.15, 0.2) is 77.7 Å². The van der Waals surface area contributed by atoms with Crippen molar-refractivity contribution in [3.05, 3.63) is 88.4 Å². The molecule has 0 aliphatic rings. The highest BCUT2D eigenvalue weighted by atomic mass is 35.5. The van der Waals surface area contributed by atoms with E-state index in [1.165, 1.54) is 17.0 Å². The Morgan fingerprint density at radius 3 is 2.17 bits per heavy atom. The molecule has 0 aliphatic heterocycles. The summed E-state index contributed by atoms with van der Waals surface area (Å²) >= 11 is 12.9. The van der Waals surface area contributed by atoms with E-state index >= 15 is 0 Å². The summed E-state index contributed by atoms with van der Waals surface area (Å²) in [6, 6.07) is 18.6. The quantitative estimate of drug-likeness (QED) is 0.198. The van der Waals surface area contributed by atoms with E-state index in [1.807, 2.05) is 6.92 Å². The topological polar surface area (TPSA) is 96.0 Å². The third-order valence-electron chi connectivity index (χ3n) is 6.65. The zero-order valence-corrected chi connectivity index (χ0v) is 26.4. The predicted octanol–water partition coefficient (Wildman–Crippen LogP) is 6.31. The number of nitrogens with one attached hydrogen (secondary N) is 1. The van der Waals surface area contributed by atoms with Gasteiger partial charge in [0, 0.05) is 28.7 Å². The van der Waals surface area contributed by atoms with Crippen LogP contribution < -0.4 is 14.4 Å². The molecule has 226 valence electrons. The first kappa shape index (κ1) is 33.2. The number of unbranched alkanes of at least 4 members (excludes halogenated alkanes) is 1. The van der Waals surface area contributed by atoms with Gasteiger partial charge in [-0.25, -0.2) is 8.42 Å². The maximum absolute atomic E-state index is 14.2. The van der Waals surface area contributed by atoms with E-state index in [0.717, 1.165) is 17.1 Å². The minimum absolute atomic E-state index is 0.00847. The van der Waals surface area contributed by atoms with Gasteiger partial charge in [-0.15, -0.1) is 0 Å². The van der Waals surface area contributed by atoms with E-state index in [2.05, 4.69) is 5.32 Å². The molecule has 0 saturated carbocycles. The summed E-state index contributed by atoms with van der Waals surface area (Å²) in [4.78, 5) is 29.0. The fourth-order valence-electron chi connectivity index (χ4n) is 4.45. The van der Waals surface area contributed by atoms with Crippen molar-refractivity contribution < 1.29 is 22.7 Å². The Bertz CT molecular complexity index is 1430. The number of amides is 2. The molecule has 1 N–H and O–H groups in total. The molecule has 3 aromatic rings. The molecule has 0 aliphatic carbocycles. The monoisotopic (exact) mass is 633 g/mol. The van der Waals surface area contributed by atoms with Gasteiger partial charge in [0.25, 0.3) is 10.0 Å². The van der Waals surface area contributed by atoms with Crippen LogP contribution >= 0.6 is 23.2 Å². The lowest BCUT2D eigenvalue weighted by Gasteiger charge is -2.34. The van der Waals surface area contributed by atoms with Crippen LogP contribution in [0.1, 0.15) is 45.6 Å². The van der Waals surface area contributed by atoms with Gasteiger partial charge >= 0.3 is 0 Å². The molecular weight excluding hydrogens is 597 g/mol. The first-order valence-corrected chi connectivity index (χ1v) is 16.1. The molecule has 0 unspecified atom stereocenters. The van der Waals surface area contributed by atoms with Crippen molar-refractivity contribution in [2.45, 2.75) is 57.5 Å². The van der Waals surface area contributed by atoms with Gasteiger partial charge < -0.3 is 15.0 Å². The van der Waals surface area contributed by atoms with Gasteiger partial charge in [-0.3, -0.25) is 13.9 Å². The van der Waals surface area contributed by atoms with E-state index in [9.17, 15) is 18.0 Å². The van der Waals surface area contributed by atoms with Crippen molar-refractivity contribution in [2.75, 3.05) is 24.0 Å². The fourth-order valence-corrected chi connectivity index (χ4v) is 6.42. The number of benzene rings is 3. The second-order valence-corrected chi connectivity index (χ2v) is 12.2. The lowest BCUT2D eigenvalue weighted by molar-refractivity contribution is -0.140. The summed E-state index contributed by atoms with van der Waals surface area (Å²) in [5.74, 6) is -0.638. The summed E-state index contributed by atoms with van der Waals surface area (Å²) in [6.45, 7) is 5.65. The highest BCUT2D eigenvalue weighted by Gasteiger charge is 2.35. The summed E-state index contributed by atoms with van der Waals surface area (Å²) in [5.41, 5.74) is 0.661. The number of ether oxygens (including phenoxy) is 1. The SMILES string of the molecule is CCCCNC(=O)[C@@H](CC)N(Cc1c(Cl)cccc1Cl)C(=O)CN(c1ccccc1OCC)S(=O)(=O)c1ccccc1. The summed E-state index contributed by atoms with van der Waals surface area (Å²) in [6.07, 6.45) is 1.96. The number of nitrogens with zero attached hydrogens (tertiary/aromatic N) is 2. The lowest BCUT2D eigenvalue weighted by atomic mass is 10.1. The van der Waals surface area contributed by atoms with Gasteiger partial charge in [0.05, 0.1) is 17.2 Å². The average molecular weight is 635 g/mol. The van der Waals surface area contributed by atoms with Crippen LogP contribution in [0.5, 0.6) is 5.75 Å². The summed E-state index contributed by atoms with van der Waals surface area (Å²) in [7, 11) is -4.23. The molecule has 2 amide bonds. The smallest absolute Gasteiger partial charge is 0.264 e. The van der Waals surface area contributed by atoms with Crippen LogP contribution in [0.2, 0.25) is 10.0 Å². The number of halogens is 2. The van der Waals surface area contributed by atoms with Gasteiger partial charge in [-0.05, 0) is 56.2 Å². The van der Waals surface area contributed by atoms with Crippen LogP contribution in [0.3, 0.4) is 0 Å². The average Bonchev–Trinajstić information content (AvgIpc) is 2.98. The maximum atomic E-state index is 14.2. The number of hydrogen-bond acceptors (Lipinski definition) is 5. The molecule has 1 atom stereocenters. The molecule has 42 heavy (non-hydrogen) atoms. The van der Waals surface area contributed by atoms with Crippen molar-refractivity contribution in [3.8, 4) is 5.75 Å². The second kappa shape index (κ2) is 15.8. The molecule has 3 aromatic carbocycles. The highest BCUT2D eigenvalue weighted by molar-refractivity contribution is 7.92. The van der Waals surface area contributed by atoms with Crippen LogP contribution in [-0.4, -0.2) is 50.9 Å². The number of carbonyl (C=O) groups is 2. The molecule has 0 radical (unpaired) electrons. The predicted molar refractivity (Wildman–Crippen MR) is 168 cm³/mol. The number of rotatable bonds is 15. The van der Waals surface area contributed by atoms with Crippen LogP contribution in [0.25, 0.3) is 0 Å². The molecule has 0 aromatic heterocycles. The molecule has 0 saturated heterocycles. The van der Waals surface area contributed by atoms with Crippen LogP contribution in [-0.2, 0) is 26.2 Å². The van der Waals surface area contributed by atoms with Crippen molar-refractivity contribution in [1.82, 2.24) is 10.2 Å². The number of carbonyl (C=O) groups excluding carboxylic acids is 2. The van der Waals surface area contributed by atoms with Crippen molar-refractivity contribution >= 4 is 50.7 Å². The zero-order valence-electron chi connectivity index (χ0n) is 24.1. The Morgan fingerprint density at radius 2 is 1.55 bits per heavy atom. The molecule has 3 rings (SSSR count). The highest BCUT2D eigenvalue weighted by Crippen LogP contribution is 2.33. The molecule has 11 heteroatoms. The molecule has 0 fully saturated rings. The Kier molecular flexibility index (Phi) is 12.5. The van der Waals surface area contributed by atoms with Gasteiger partial charge in [-0.2, -0.15) is 0 Å². The molecular formula is C31H37Cl2N3O5S. The van der Waals surface area contributed by atoms with E-state index in [-0.39, 0.29) is 36.1 Å². The molecule has 0 spiro atoms. The minimum atomic E-state index is -4.23. The van der Waals surface area contributed by atoms with E-state index < -0.39 is 28.5 Å². The van der Waals surface area contributed by atoms with Gasteiger partial charge in [0.15, 0.2) is 0 Å². The Balaban J connectivity index is 2.11. The largest absolute Gasteiger partial charge is 0.492 e. The van der Waals surface area contributed by atoms with Crippen molar-refractivity contribution in [2.24, 2.45) is 0 Å². The first-order chi connectivity index (χ1) is 20.1. The zero-order chi connectivity index (χ0) is 30.7. The minimum Gasteiger partial charge on any atom is -0.492 e. The van der Waals surface area contributed by atoms with E-state index in [1.54, 1.807) is 74.5 Å². The molecule has 0 bridgehead atoms. The van der Waals surface area contributed by atoms with Crippen molar-refractivity contribution in [1.29, 1.82) is 0 Å². The second-order valence-electron chi connectivity index (χ2n) is 9.52. The third-order valence-corrected chi connectivity index (χ3v) is 9.13. The Labute approximate surface area is 258 Å². The van der Waals surface area contributed by atoms with Crippen molar-refractivity contribution in [3.63, 3.8) is 0 Å². The lowest BCUT2D eigenvalue weighted by Crippen LogP contribution is -2.52. The first-order valence-electron chi connectivity index (χ1n) is 13.9. The van der Waals surface area contributed by atoms with Gasteiger partial charge in [-0.1, -0.05) is 79.9 Å². The number of anilines is 1. The van der Waals surface area contributed by atoms with Gasteiger partial charge in [0.2, 0.25) is 11.8 Å². The summed E-state index contributed by atoms with van der Waals surface area (Å²) < 4.78 is 34.9. The van der Waals surface area contributed by atoms with Crippen LogP contribution in [0, 0.1) is 0 Å². The number of sulfonamides is 1. The fraction of sp³-hybridized carbons (Fsp3) is 0.355. The number of para-hydroxylation sites is 2. The Hall–Kier alpha value is -3.27. The van der Waals surface area contributed by atoms with Gasteiger partial charge in [0.1, 0.15) is 18.3 Å². The standard InChI is InChI=1S/C31H37Cl2N3O5S/c1-4-7-20-34-31(38)27(5-2)35(21-24-25(32)16-13-17-26(24)33)30(37)22-36(28-18-11-12-19-29(28)41-6-3)42(39,40)23-14-9-8-10-15-23/h8-19,27H,4-7,20-22H2,1-3H3,(H,34,38)/t27-/m1/s1. The van der Waals surface area contributed by atoms with Crippen LogP contribution in [0.4, 0.5) is 5.69 Å². The van der Waals surface area contributed by atoms with E-state index in [4.69, 9.17) is 27.9 Å². The number of hydrogen-bond donors (Lipinski definition) is 1. The third kappa shape index (κ3) is 8.18. The Morgan fingerprint density at radius 1 is 0.905 bits per heavy atom. The normalized spacial score (nSPS) is 11.9.